The van der Waals surface area contributed by atoms with Crippen molar-refractivity contribution < 1.29 is 9.53 Å². The van der Waals surface area contributed by atoms with Gasteiger partial charge in [0.1, 0.15) is 5.75 Å². The zero-order valence-electron chi connectivity index (χ0n) is 13.4. The maximum Gasteiger partial charge on any atom is 0.230 e. The Morgan fingerprint density at radius 2 is 2.08 bits per heavy atom. The molecule has 0 radical (unpaired) electrons. The minimum absolute atomic E-state index is 0.0231. The zero-order valence-corrected chi connectivity index (χ0v) is 16.6. The van der Waals surface area contributed by atoms with Crippen LogP contribution in [0.15, 0.2) is 26.9 Å². The van der Waals surface area contributed by atoms with Gasteiger partial charge in [-0.25, -0.2) is 0 Å². The molecule has 0 saturated carbocycles. The van der Waals surface area contributed by atoms with Gasteiger partial charge in [-0.15, -0.1) is 10.2 Å². The molecule has 24 heavy (non-hydrogen) atoms. The lowest BCUT2D eigenvalue weighted by Gasteiger charge is -2.07. The van der Waals surface area contributed by atoms with Gasteiger partial charge in [0.15, 0.2) is 8.68 Å². The zero-order chi connectivity index (χ0) is 17.4. The molecule has 0 atom stereocenters. The lowest BCUT2D eigenvalue weighted by molar-refractivity contribution is -0.118. The van der Waals surface area contributed by atoms with E-state index in [4.69, 9.17) is 16.3 Å². The Bertz CT molecular complexity index is 682. The van der Waals surface area contributed by atoms with Gasteiger partial charge in [-0.05, 0) is 24.6 Å². The number of nitrogens with one attached hydrogen (secondary N) is 1. The molecule has 1 aromatic heterocycles. The fourth-order valence-electron chi connectivity index (χ4n) is 1.76. The topological polar surface area (TPSA) is 64.1 Å². The fraction of sp³-hybridized carbons (Fsp3) is 0.400. The van der Waals surface area contributed by atoms with E-state index in [1.807, 2.05) is 19.1 Å². The van der Waals surface area contributed by atoms with E-state index in [1.165, 1.54) is 23.1 Å². The number of benzene rings is 1. The standard InChI is InChI=1S/C15H18ClN3O2S3/c1-3-6-17-13(20)9-23-15-19-18-14(24-15)22-8-10-7-11(16)4-5-12(10)21-2/h4-5,7H,3,6,8-9H2,1-2H3,(H,17,20). The third-order valence-electron chi connectivity index (χ3n) is 2.88. The van der Waals surface area contributed by atoms with Gasteiger partial charge < -0.3 is 10.1 Å². The Morgan fingerprint density at radius 3 is 2.79 bits per heavy atom. The van der Waals surface area contributed by atoms with Crippen LogP contribution in [-0.2, 0) is 10.5 Å². The molecule has 1 N–H and O–H groups in total. The van der Waals surface area contributed by atoms with Crippen LogP contribution in [0, 0.1) is 0 Å². The number of nitrogens with zero attached hydrogens (tertiary/aromatic N) is 2. The normalized spacial score (nSPS) is 10.6. The minimum atomic E-state index is 0.0231. The van der Waals surface area contributed by atoms with Crippen molar-refractivity contribution >= 4 is 52.4 Å². The van der Waals surface area contributed by atoms with Crippen LogP contribution in [0.5, 0.6) is 5.75 Å². The molecule has 9 heteroatoms. The van der Waals surface area contributed by atoms with Gasteiger partial charge in [-0.2, -0.15) is 0 Å². The largest absolute Gasteiger partial charge is 0.496 e. The molecule has 0 unspecified atom stereocenters. The van der Waals surface area contributed by atoms with Crippen LogP contribution in [0.3, 0.4) is 0 Å². The number of halogens is 1. The van der Waals surface area contributed by atoms with E-state index in [9.17, 15) is 4.79 Å². The molecule has 2 aromatic rings. The monoisotopic (exact) mass is 403 g/mol. The van der Waals surface area contributed by atoms with Crippen molar-refractivity contribution in [2.75, 3.05) is 19.4 Å². The van der Waals surface area contributed by atoms with Crippen LogP contribution in [0.25, 0.3) is 0 Å². The number of carbonyl (C=O) groups excluding carboxylic acids is 1. The number of hydrogen-bond acceptors (Lipinski definition) is 7. The maximum atomic E-state index is 11.6. The molecule has 0 aliphatic carbocycles. The second-order valence-electron chi connectivity index (χ2n) is 4.72. The second-order valence-corrected chi connectivity index (χ2v) is 8.58. The number of methoxy groups -OCH3 is 1. The van der Waals surface area contributed by atoms with Crippen molar-refractivity contribution in [2.24, 2.45) is 0 Å². The van der Waals surface area contributed by atoms with Gasteiger partial charge in [0.2, 0.25) is 5.91 Å². The molecule has 0 aliphatic rings. The summed E-state index contributed by atoms with van der Waals surface area (Å²) in [6.45, 7) is 2.73. The Kier molecular flexibility index (Phi) is 8.17. The highest BCUT2D eigenvalue weighted by Gasteiger charge is 2.10. The third-order valence-corrected chi connectivity index (χ3v) is 6.35. The predicted molar refractivity (Wildman–Crippen MR) is 101 cm³/mol. The third kappa shape index (κ3) is 6.16. The van der Waals surface area contributed by atoms with Crippen LogP contribution < -0.4 is 10.1 Å². The molecule has 0 spiro atoms. The van der Waals surface area contributed by atoms with Gasteiger partial charge in [0, 0.05) is 22.9 Å². The summed E-state index contributed by atoms with van der Waals surface area (Å²) in [5, 5.41) is 11.8. The average molecular weight is 404 g/mol. The van der Waals surface area contributed by atoms with Gasteiger partial charge in [0.05, 0.1) is 12.9 Å². The molecular weight excluding hydrogens is 386 g/mol. The summed E-state index contributed by atoms with van der Waals surface area (Å²) in [4.78, 5) is 11.6. The number of thioether (sulfide) groups is 2. The van der Waals surface area contributed by atoms with E-state index >= 15 is 0 Å². The maximum absolute atomic E-state index is 11.6. The summed E-state index contributed by atoms with van der Waals surface area (Å²) in [5.74, 6) is 1.88. The number of rotatable bonds is 9. The first-order valence-corrected chi connectivity index (χ1v) is 10.5. The summed E-state index contributed by atoms with van der Waals surface area (Å²) in [6.07, 6.45) is 0.933. The van der Waals surface area contributed by atoms with Gasteiger partial charge in [-0.1, -0.05) is 53.4 Å². The van der Waals surface area contributed by atoms with E-state index in [1.54, 1.807) is 24.9 Å². The molecule has 130 valence electrons. The summed E-state index contributed by atoms with van der Waals surface area (Å²) in [6, 6.07) is 5.55. The van der Waals surface area contributed by atoms with Gasteiger partial charge in [0.25, 0.3) is 0 Å². The average Bonchev–Trinajstić information content (AvgIpc) is 3.04. The minimum Gasteiger partial charge on any atom is -0.496 e. The summed E-state index contributed by atoms with van der Waals surface area (Å²) < 4.78 is 6.99. The van der Waals surface area contributed by atoms with Crippen LogP contribution in [0.4, 0.5) is 0 Å². The molecule has 0 saturated heterocycles. The summed E-state index contributed by atoms with van der Waals surface area (Å²) >= 11 is 10.5. The molecule has 1 amide bonds. The Labute approximate surface area is 158 Å². The van der Waals surface area contributed by atoms with E-state index in [0.29, 0.717) is 23.1 Å². The Hall–Kier alpha value is -0.960. The fourth-order valence-corrected chi connectivity index (χ4v) is 4.78. The lowest BCUT2D eigenvalue weighted by atomic mass is 10.2. The van der Waals surface area contributed by atoms with Crippen molar-refractivity contribution in [3.05, 3.63) is 28.8 Å². The van der Waals surface area contributed by atoms with E-state index in [-0.39, 0.29) is 5.91 Å². The Morgan fingerprint density at radius 1 is 1.33 bits per heavy atom. The van der Waals surface area contributed by atoms with E-state index in [0.717, 1.165) is 26.4 Å². The smallest absolute Gasteiger partial charge is 0.230 e. The molecule has 0 fully saturated rings. The molecular formula is C15H18ClN3O2S3. The first-order valence-electron chi connectivity index (χ1n) is 7.30. The highest BCUT2D eigenvalue weighted by atomic mass is 35.5. The van der Waals surface area contributed by atoms with Crippen molar-refractivity contribution in [3.8, 4) is 5.75 Å². The van der Waals surface area contributed by atoms with Crippen LogP contribution in [0.1, 0.15) is 18.9 Å². The predicted octanol–water partition coefficient (Wildman–Crippen LogP) is 4.11. The first kappa shape index (κ1) is 19.4. The molecule has 5 nitrogen and oxygen atoms in total. The summed E-state index contributed by atoms with van der Waals surface area (Å²) in [7, 11) is 1.64. The van der Waals surface area contributed by atoms with Gasteiger partial charge in [-0.3, -0.25) is 4.79 Å². The van der Waals surface area contributed by atoms with Crippen LogP contribution in [-0.4, -0.2) is 35.5 Å². The lowest BCUT2D eigenvalue weighted by Crippen LogP contribution is -2.25. The van der Waals surface area contributed by atoms with Crippen LogP contribution in [0.2, 0.25) is 5.02 Å². The van der Waals surface area contributed by atoms with Crippen molar-refractivity contribution in [2.45, 2.75) is 27.8 Å². The first-order chi connectivity index (χ1) is 11.6. The highest BCUT2D eigenvalue weighted by Crippen LogP contribution is 2.33. The Balaban J connectivity index is 1.86. The molecule has 0 bridgehead atoms. The second kappa shape index (κ2) is 10.1. The van der Waals surface area contributed by atoms with Crippen molar-refractivity contribution in [1.29, 1.82) is 0 Å². The van der Waals surface area contributed by atoms with Gasteiger partial charge >= 0.3 is 0 Å². The molecule has 1 aromatic carbocycles. The number of ether oxygens (including phenoxy) is 1. The number of hydrogen-bond donors (Lipinski definition) is 1. The quantitative estimate of drug-likeness (QED) is 0.635. The van der Waals surface area contributed by atoms with Crippen LogP contribution >= 0.6 is 46.5 Å². The number of carbonyl (C=O) groups is 1. The van der Waals surface area contributed by atoms with E-state index in [2.05, 4.69) is 15.5 Å². The molecule has 0 aliphatic heterocycles. The van der Waals surface area contributed by atoms with Crippen molar-refractivity contribution in [3.63, 3.8) is 0 Å². The number of aromatic nitrogens is 2. The molecule has 2 rings (SSSR count). The SMILES string of the molecule is CCCNC(=O)CSc1nnc(SCc2cc(Cl)ccc2OC)s1. The highest BCUT2D eigenvalue weighted by molar-refractivity contribution is 8.03. The number of amides is 1. The van der Waals surface area contributed by atoms with Crippen molar-refractivity contribution in [1.82, 2.24) is 15.5 Å². The summed E-state index contributed by atoms with van der Waals surface area (Å²) in [5.41, 5.74) is 1.01. The van der Waals surface area contributed by atoms with E-state index < -0.39 is 0 Å². The molecule has 1 heterocycles.